The van der Waals surface area contributed by atoms with Crippen molar-refractivity contribution in [3.05, 3.63) is 81.7 Å². The maximum absolute atomic E-state index is 11.8. The molecule has 1 heterocycles. The highest BCUT2D eigenvalue weighted by Crippen LogP contribution is 2.34. The molecular formula is C20H21N5O2. The van der Waals surface area contributed by atoms with E-state index in [9.17, 15) is 10.1 Å². The minimum atomic E-state index is -0.440. The van der Waals surface area contributed by atoms with Crippen LogP contribution >= 0.6 is 0 Å². The molecule has 0 fully saturated rings. The molecule has 0 saturated heterocycles. The quantitative estimate of drug-likeness (QED) is 0.517. The average Bonchev–Trinajstić information content (AvgIpc) is 2.66. The first-order chi connectivity index (χ1) is 13.0. The van der Waals surface area contributed by atoms with Crippen molar-refractivity contribution >= 4 is 23.0 Å². The molecule has 0 aliphatic carbocycles. The average molecular weight is 363 g/mol. The highest BCUT2D eigenvalue weighted by atomic mass is 16.6. The van der Waals surface area contributed by atoms with E-state index in [0.717, 1.165) is 22.4 Å². The van der Waals surface area contributed by atoms with Gasteiger partial charge in [0, 0.05) is 19.3 Å². The van der Waals surface area contributed by atoms with Gasteiger partial charge in [0.15, 0.2) is 0 Å². The molecule has 138 valence electrons. The summed E-state index contributed by atoms with van der Waals surface area (Å²) in [6, 6.07) is 15.5. The van der Waals surface area contributed by atoms with Gasteiger partial charge in [0.05, 0.1) is 4.92 Å². The topological polar surface area (TPSA) is 84.2 Å². The number of anilines is 3. The Morgan fingerprint density at radius 3 is 2.52 bits per heavy atom. The van der Waals surface area contributed by atoms with Crippen molar-refractivity contribution in [1.82, 2.24) is 9.97 Å². The van der Waals surface area contributed by atoms with E-state index in [1.54, 1.807) is 11.9 Å². The van der Waals surface area contributed by atoms with Crippen LogP contribution in [0.3, 0.4) is 0 Å². The fraction of sp³-hybridized carbons (Fsp3) is 0.200. The first-order valence-electron chi connectivity index (χ1n) is 8.55. The Balaban J connectivity index is 1.97. The Morgan fingerprint density at radius 1 is 1.07 bits per heavy atom. The second-order valence-electron chi connectivity index (χ2n) is 6.37. The number of nitro groups is 1. The van der Waals surface area contributed by atoms with Gasteiger partial charge in [-0.3, -0.25) is 10.1 Å². The Bertz CT molecular complexity index is 960. The van der Waals surface area contributed by atoms with Gasteiger partial charge < -0.3 is 10.2 Å². The lowest BCUT2D eigenvalue weighted by Gasteiger charge is -2.19. The minimum Gasteiger partial charge on any atom is -0.349 e. The predicted octanol–water partition coefficient (Wildman–Crippen LogP) is 4.38. The molecule has 0 radical (unpaired) electrons. The van der Waals surface area contributed by atoms with Crippen LogP contribution in [0, 0.1) is 24.0 Å². The molecule has 0 atom stereocenters. The van der Waals surface area contributed by atoms with E-state index in [4.69, 9.17) is 0 Å². The van der Waals surface area contributed by atoms with Crippen molar-refractivity contribution in [2.45, 2.75) is 20.4 Å². The van der Waals surface area contributed by atoms with Gasteiger partial charge in [-0.25, -0.2) is 9.97 Å². The van der Waals surface area contributed by atoms with E-state index in [1.165, 1.54) is 6.33 Å². The number of rotatable bonds is 6. The normalized spacial score (nSPS) is 10.5. The Kier molecular flexibility index (Phi) is 5.30. The van der Waals surface area contributed by atoms with E-state index < -0.39 is 4.92 Å². The van der Waals surface area contributed by atoms with Crippen LogP contribution in [0.5, 0.6) is 0 Å². The van der Waals surface area contributed by atoms with Gasteiger partial charge in [-0.15, -0.1) is 0 Å². The van der Waals surface area contributed by atoms with E-state index >= 15 is 0 Å². The Labute approximate surface area is 157 Å². The fourth-order valence-corrected chi connectivity index (χ4v) is 2.85. The SMILES string of the molecule is Cc1cccc(Nc2ncnc(N(C)Cc3ccccc3)c2[N+](=O)[O-])c1C. The summed E-state index contributed by atoms with van der Waals surface area (Å²) in [5, 5.41) is 14.9. The summed E-state index contributed by atoms with van der Waals surface area (Å²) in [5.41, 5.74) is 3.80. The van der Waals surface area contributed by atoms with Crippen LogP contribution in [0.1, 0.15) is 16.7 Å². The number of benzene rings is 2. The van der Waals surface area contributed by atoms with Gasteiger partial charge in [-0.1, -0.05) is 42.5 Å². The summed E-state index contributed by atoms with van der Waals surface area (Å²) in [5.74, 6) is 0.449. The smallest absolute Gasteiger partial charge is 0.349 e. The molecule has 0 unspecified atom stereocenters. The second kappa shape index (κ2) is 7.82. The van der Waals surface area contributed by atoms with Gasteiger partial charge >= 0.3 is 5.69 Å². The van der Waals surface area contributed by atoms with E-state index in [0.29, 0.717) is 6.54 Å². The van der Waals surface area contributed by atoms with Crippen molar-refractivity contribution in [3.63, 3.8) is 0 Å². The highest BCUT2D eigenvalue weighted by molar-refractivity contribution is 5.75. The zero-order valence-electron chi connectivity index (χ0n) is 15.5. The first-order valence-corrected chi connectivity index (χ1v) is 8.55. The Morgan fingerprint density at radius 2 is 1.81 bits per heavy atom. The largest absolute Gasteiger partial charge is 0.353 e. The van der Waals surface area contributed by atoms with Crippen molar-refractivity contribution in [1.29, 1.82) is 0 Å². The van der Waals surface area contributed by atoms with Crippen molar-refractivity contribution < 1.29 is 4.92 Å². The Hall–Kier alpha value is -3.48. The van der Waals surface area contributed by atoms with E-state index in [1.807, 2.05) is 62.4 Å². The van der Waals surface area contributed by atoms with Crippen LogP contribution in [-0.2, 0) is 6.54 Å². The van der Waals surface area contributed by atoms with Crippen LogP contribution < -0.4 is 10.2 Å². The molecule has 0 saturated carbocycles. The van der Waals surface area contributed by atoms with E-state index in [2.05, 4.69) is 15.3 Å². The molecule has 0 bridgehead atoms. The molecule has 0 aliphatic rings. The number of hydrogen-bond donors (Lipinski definition) is 1. The van der Waals surface area contributed by atoms with E-state index in [-0.39, 0.29) is 17.3 Å². The lowest BCUT2D eigenvalue weighted by Crippen LogP contribution is -2.20. The minimum absolute atomic E-state index is 0.142. The lowest BCUT2D eigenvalue weighted by atomic mass is 10.1. The molecule has 27 heavy (non-hydrogen) atoms. The van der Waals surface area contributed by atoms with Crippen molar-refractivity contribution in [3.8, 4) is 0 Å². The fourth-order valence-electron chi connectivity index (χ4n) is 2.85. The number of aryl methyl sites for hydroxylation is 1. The van der Waals surface area contributed by atoms with Gasteiger partial charge in [0.25, 0.3) is 0 Å². The molecule has 7 nitrogen and oxygen atoms in total. The summed E-state index contributed by atoms with van der Waals surface area (Å²) in [7, 11) is 1.78. The number of aromatic nitrogens is 2. The summed E-state index contributed by atoms with van der Waals surface area (Å²) in [4.78, 5) is 21.4. The van der Waals surface area contributed by atoms with Crippen LogP contribution in [-0.4, -0.2) is 21.9 Å². The molecule has 0 spiro atoms. The maximum Gasteiger partial charge on any atom is 0.353 e. The first kappa shape index (κ1) is 18.3. The standard InChI is InChI=1S/C20H21N5O2/c1-14-8-7-11-17(15(14)2)23-19-18(25(26)27)20(22-13-21-19)24(3)12-16-9-5-4-6-10-16/h4-11,13H,12H2,1-3H3,(H,21,22,23). The van der Waals surface area contributed by atoms with Crippen LogP contribution in [0.15, 0.2) is 54.9 Å². The third kappa shape index (κ3) is 4.03. The summed E-state index contributed by atoms with van der Waals surface area (Å²) >= 11 is 0. The number of nitrogens with zero attached hydrogens (tertiary/aromatic N) is 4. The van der Waals surface area contributed by atoms with Crippen molar-refractivity contribution in [2.75, 3.05) is 17.3 Å². The molecule has 7 heteroatoms. The van der Waals surface area contributed by atoms with Gasteiger partial charge in [0.1, 0.15) is 6.33 Å². The monoisotopic (exact) mass is 363 g/mol. The molecule has 0 aliphatic heterocycles. The number of hydrogen-bond acceptors (Lipinski definition) is 6. The molecular weight excluding hydrogens is 342 g/mol. The lowest BCUT2D eigenvalue weighted by molar-refractivity contribution is -0.383. The predicted molar refractivity (Wildman–Crippen MR) is 106 cm³/mol. The molecule has 1 aromatic heterocycles. The molecule has 2 aromatic carbocycles. The van der Waals surface area contributed by atoms with Crippen LogP contribution in [0.25, 0.3) is 0 Å². The molecule has 0 amide bonds. The second-order valence-corrected chi connectivity index (χ2v) is 6.37. The third-order valence-electron chi connectivity index (χ3n) is 4.47. The summed E-state index contributed by atoms with van der Waals surface area (Å²) < 4.78 is 0. The molecule has 3 rings (SSSR count). The summed E-state index contributed by atoms with van der Waals surface area (Å²) in [6.07, 6.45) is 1.34. The van der Waals surface area contributed by atoms with Gasteiger partial charge in [0.2, 0.25) is 11.6 Å². The van der Waals surface area contributed by atoms with Crippen LogP contribution in [0.4, 0.5) is 23.0 Å². The maximum atomic E-state index is 11.8. The van der Waals surface area contributed by atoms with Gasteiger partial charge in [-0.2, -0.15) is 0 Å². The molecule has 3 aromatic rings. The van der Waals surface area contributed by atoms with Crippen LogP contribution in [0.2, 0.25) is 0 Å². The van der Waals surface area contributed by atoms with Crippen molar-refractivity contribution in [2.24, 2.45) is 0 Å². The number of nitrogens with one attached hydrogen (secondary N) is 1. The highest BCUT2D eigenvalue weighted by Gasteiger charge is 2.26. The molecule has 1 N–H and O–H groups in total. The zero-order valence-corrected chi connectivity index (χ0v) is 15.5. The zero-order chi connectivity index (χ0) is 19.4. The third-order valence-corrected chi connectivity index (χ3v) is 4.47. The van der Waals surface area contributed by atoms with Gasteiger partial charge in [-0.05, 0) is 36.6 Å². The summed E-state index contributed by atoms with van der Waals surface area (Å²) in [6.45, 7) is 4.46.